The van der Waals surface area contributed by atoms with E-state index in [4.69, 9.17) is 4.74 Å². The van der Waals surface area contributed by atoms with Crippen LogP contribution < -0.4 is 0 Å². The van der Waals surface area contributed by atoms with Crippen molar-refractivity contribution >= 4 is 5.97 Å². The number of aryl methyl sites for hydroxylation is 1. The molecule has 5 nitrogen and oxygen atoms in total. The first-order valence-corrected chi connectivity index (χ1v) is 6.36. The van der Waals surface area contributed by atoms with Crippen molar-refractivity contribution in [1.82, 2.24) is 15.0 Å². The highest BCUT2D eigenvalue weighted by molar-refractivity contribution is 5.88. The van der Waals surface area contributed by atoms with E-state index in [2.05, 4.69) is 17.2 Å². The highest BCUT2D eigenvalue weighted by atomic mass is 16.5. The van der Waals surface area contributed by atoms with Gasteiger partial charge in [-0.3, -0.25) is 0 Å². The summed E-state index contributed by atoms with van der Waals surface area (Å²) in [5.74, 6) is -0.434. The lowest BCUT2D eigenvalue weighted by Crippen LogP contribution is -2.07. The van der Waals surface area contributed by atoms with Crippen LogP contribution in [0.3, 0.4) is 0 Å². The SMILES string of the molecule is CCOC(=O)c1nnn(-c2ccc(CC)cc2)c1C. The zero-order valence-corrected chi connectivity index (χ0v) is 11.4. The number of nitrogens with zero attached hydrogens (tertiary/aromatic N) is 3. The lowest BCUT2D eigenvalue weighted by Gasteiger charge is -2.04. The van der Waals surface area contributed by atoms with Crippen molar-refractivity contribution in [3.8, 4) is 5.69 Å². The van der Waals surface area contributed by atoms with Crippen LogP contribution in [0.4, 0.5) is 0 Å². The second-order valence-corrected chi connectivity index (χ2v) is 4.18. The van der Waals surface area contributed by atoms with Gasteiger partial charge >= 0.3 is 5.97 Å². The second kappa shape index (κ2) is 5.65. The van der Waals surface area contributed by atoms with Crippen LogP contribution in [0.2, 0.25) is 0 Å². The summed E-state index contributed by atoms with van der Waals surface area (Å²) in [5, 5.41) is 7.90. The maximum Gasteiger partial charge on any atom is 0.360 e. The molecule has 0 aliphatic rings. The molecule has 100 valence electrons. The number of carbonyl (C=O) groups excluding carboxylic acids is 1. The van der Waals surface area contributed by atoms with Crippen molar-refractivity contribution in [3.05, 3.63) is 41.2 Å². The molecule has 0 unspecified atom stereocenters. The van der Waals surface area contributed by atoms with E-state index in [9.17, 15) is 4.79 Å². The smallest absolute Gasteiger partial charge is 0.360 e. The Bertz CT molecular complexity index is 573. The fourth-order valence-corrected chi connectivity index (χ4v) is 1.84. The summed E-state index contributed by atoms with van der Waals surface area (Å²) in [6.07, 6.45) is 0.991. The summed E-state index contributed by atoms with van der Waals surface area (Å²) >= 11 is 0. The molecule has 0 N–H and O–H groups in total. The monoisotopic (exact) mass is 259 g/mol. The van der Waals surface area contributed by atoms with E-state index >= 15 is 0 Å². The molecule has 0 aliphatic carbocycles. The maximum atomic E-state index is 11.7. The quantitative estimate of drug-likeness (QED) is 0.791. The molecule has 1 aromatic carbocycles. The van der Waals surface area contributed by atoms with Gasteiger partial charge < -0.3 is 4.74 Å². The van der Waals surface area contributed by atoms with Crippen LogP contribution in [0.1, 0.15) is 35.6 Å². The number of ether oxygens (including phenoxy) is 1. The molecule has 0 aliphatic heterocycles. The van der Waals surface area contributed by atoms with Crippen molar-refractivity contribution in [1.29, 1.82) is 0 Å². The lowest BCUT2D eigenvalue weighted by atomic mass is 10.1. The Morgan fingerprint density at radius 1 is 1.26 bits per heavy atom. The summed E-state index contributed by atoms with van der Waals surface area (Å²) in [5.41, 5.74) is 3.09. The summed E-state index contributed by atoms with van der Waals surface area (Å²) in [7, 11) is 0. The average Bonchev–Trinajstić information content (AvgIpc) is 2.81. The minimum absolute atomic E-state index is 0.265. The fourth-order valence-electron chi connectivity index (χ4n) is 1.84. The molecule has 1 heterocycles. The molecule has 19 heavy (non-hydrogen) atoms. The van der Waals surface area contributed by atoms with E-state index < -0.39 is 5.97 Å². The number of rotatable bonds is 4. The predicted octanol–water partition coefficient (Wildman–Crippen LogP) is 2.31. The molecule has 1 aromatic heterocycles. The molecule has 0 saturated carbocycles. The Morgan fingerprint density at radius 2 is 1.95 bits per heavy atom. The van der Waals surface area contributed by atoms with Gasteiger partial charge in [-0.2, -0.15) is 0 Å². The normalized spacial score (nSPS) is 10.5. The van der Waals surface area contributed by atoms with Crippen LogP contribution >= 0.6 is 0 Å². The standard InChI is InChI=1S/C14H17N3O2/c1-4-11-6-8-12(9-7-11)17-10(3)13(15-16-17)14(18)19-5-2/h6-9H,4-5H2,1-3H3. The molecule has 0 saturated heterocycles. The molecular formula is C14H17N3O2. The van der Waals surface area contributed by atoms with E-state index in [0.29, 0.717) is 12.3 Å². The first-order valence-electron chi connectivity index (χ1n) is 6.36. The van der Waals surface area contributed by atoms with Gasteiger partial charge in [0.15, 0.2) is 5.69 Å². The molecular weight excluding hydrogens is 242 g/mol. The number of hydrogen-bond donors (Lipinski definition) is 0. The van der Waals surface area contributed by atoms with Crippen molar-refractivity contribution in [2.75, 3.05) is 6.61 Å². The number of esters is 1. The average molecular weight is 259 g/mol. The summed E-state index contributed by atoms with van der Waals surface area (Å²) < 4.78 is 6.58. The number of aromatic nitrogens is 3. The first kappa shape index (κ1) is 13.3. The van der Waals surface area contributed by atoms with Gasteiger partial charge in [0.2, 0.25) is 0 Å². The Balaban J connectivity index is 2.32. The molecule has 0 radical (unpaired) electrons. The molecule has 0 amide bonds. The summed E-state index contributed by atoms with van der Waals surface area (Å²) in [6.45, 7) is 6.01. The Kier molecular flexibility index (Phi) is 3.94. The van der Waals surface area contributed by atoms with Gasteiger partial charge in [0.1, 0.15) is 0 Å². The zero-order chi connectivity index (χ0) is 13.8. The Morgan fingerprint density at radius 3 is 2.53 bits per heavy atom. The highest BCUT2D eigenvalue weighted by Gasteiger charge is 2.18. The fraction of sp³-hybridized carbons (Fsp3) is 0.357. The summed E-state index contributed by atoms with van der Waals surface area (Å²) in [4.78, 5) is 11.7. The third-order valence-corrected chi connectivity index (χ3v) is 2.95. The van der Waals surface area contributed by atoms with E-state index in [1.807, 2.05) is 24.3 Å². The highest BCUT2D eigenvalue weighted by Crippen LogP contribution is 2.14. The van der Waals surface area contributed by atoms with Crippen molar-refractivity contribution in [2.45, 2.75) is 27.2 Å². The number of hydrogen-bond acceptors (Lipinski definition) is 4. The van der Waals surface area contributed by atoms with Gasteiger partial charge in [0.25, 0.3) is 0 Å². The van der Waals surface area contributed by atoms with Gasteiger partial charge in [-0.05, 0) is 38.0 Å². The first-order chi connectivity index (χ1) is 9.17. The van der Waals surface area contributed by atoms with Crippen LogP contribution in [-0.4, -0.2) is 27.6 Å². The van der Waals surface area contributed by atoms with E-state index in [-0.39, 0.29) is 5.69 Å². The zero-order valence-electron chi connectivity index (χ0n) is 11.4. The van der Waals surface area contributed by atoms with Gasteiger partial charge in [-0.25, -0.2) is 9.48 Å². The molecule has 5 heteroatoms. The molecule has 0 fully saturated rings. The molecule has 2 aromatic rings. The van der Waals surface area contributed by atoms with Crippen molar-refractivity contribution in [3.63, 3.8) is 0 Å². The van der Waals surface area contributed by atoms with E-state index in [0.717, 1.165) is 12.1 Å². The van der Waals surface area contributed by atoms with Crippen LogP contribution in [0.5, 0.6) is 0 Å². The Labute approximate surface area is 112 Å². The van der Waals surface area contributed by atoms with Crippen molar-refractivity contribution in [2.24, 2.45) is 0 Å². The van der Waals surface area contributed by atoms with Gasteiger partial charge in [0.05, 0.1) is 18.0 Å². The molecule has 0 spiro atoms. The van der Waals surface area contributed by atoms with Gasteiger partial charge in [-0.15, -0.1) is 5.10 Å². The minimum atomic E-state index is -0.434. The van der Waals surface area contributed by atoms with Crippen LogP contribution in [0.15, 0.2) is 24.3 Å². The molecule has 0 bridgehead atoms. The maximum absolute atomic E-state index is 11.7. The van der Waals surface area contributed by atoms with Gasteiger partial charge in [-0.1, -0.05) is 24.3 Å². The van der Waals surface area contributed by atoms with E-state index in [1.165, 1.54) is 5.56 Å². The van der Waals surface area contributed by atoms with Gasteiger partial charge in [0, 0.05) is 0 Å². The molecule has 2 rings (SSSR count). The van der Waals surface area contributed by atoms with Crippen LogP contribution in [0.25, 0.3) is 5.69 Å². The summed E-state index contributed by atoms with van der Waals surface area (Å²) in [6, 6.07) is 8.02. The third-order valence-electron chi connectivity index (χ3n) is 2.95. The largest absolute Gasteiger partial charge is 0.461 e. The third kappa shape index (κ3) is 2.65. The topological polar surface area (TPSA) is 57.0 Å². The van der Waals surface area contributed by atoms with Crippen molar-refractivity contribution < 1.29 is 9.53 Å². The predicted molar refractivity (Wildman–Crippen MR) is 71.4 cm³/mol. The van der Waals surface area contributed by atoms with Crippen LogP contribution in [0, 0.1) is 6.92 Å². The minimum Gasteiger partial charge on any atom is -0.461 e. The van der Waals surface area contributed by atoms with Crippen LogP contribution in [-0.2, 0) is 11.2 Å². The second-order valence-electron chi connectivity index (χ2n) is 4.18. The van der Waals surface area contributed by atoms with E-state index in [1.54, 1.807) is 18.5 Å². The number of benzene rings is 1. The lowest BCUT2D eigenvalue weighted by molar-refractivity contribution is 0.0518. The molecule has 0 atom stereocenters. The Hall–Kier alpha value is -2.17. The number of carbonyl (C=O) groups is 1.